The number of hydrogen-bond donors (Lipinski definition) is 0. The highest BCUT2D eigenvalue weighted by Crippen LogP contribution is 2.24. The van der Waals surface area contributed by atoms with Crippen LogP contribution in [0.25, 0.3) is 0 Å². The number of rotatable bonds is 1. The standard InChI is InChI=1S/C9H8ClIO/c1-5-3-7(6(2)12)4-8(11)9(5)10/h3-4H,1-2H3. The minimum Gasteiger partial charge on any atom is -0.295 e. The predicted octanol–water partition coefficient (Wildman–Crippen LogP) is 3.46. The lowest BCUT2D eigenvalue weighted by molar-refractivity contribution is 0.101. The number of carbonyl (C=O) groups excluding carboxylic acids is 1. The summed E-state index contributed by atoms with van der Waals surface area (Å²) in [4.78, 5) is 11.0. The quantitative estimate of drug-likeness (QED) is 0.573. The number of Topliss-reactive ketones (excluding diaryl/α,β-unsaturated/α-hetero) is 1. The van der Waals surface area contributed by atoms with E-state index in [1.807, 2.05) is 13.0 Å². The molecule has 0 fully saturated rings. The zero-order valence-electron chi connectivity index (χ0n) is 6.82. The zero-order chi connectivity index (χ0) is 9.30. The molecule has 0 radical (unpaired) electrons. The van der Waals surface area contributed by atoms with Crippen molar-refractivity contribution in [2.45, 2.75) is 13.8 Å². The fraction of sp³-hybridized carbons (Fsp3) is 0.222. The molecule has 0 saturated carbocycles. The van der Waals surface area contributed by atoms with E-state index in [1.54, 1.807) is 13.0 Å². The molecule has 0 aliphatic rings. The van der Waals surface area contributed by atoms with Crippen LogP contribution in [-0.4, -0.2) is 5.78 Å². The van der Waals surface area contributed by atoms with Gasteiger partial charge >= 0.3 is 0 Å². The molecule has 0 aromatic heterocycles. The summed E-state index contributed by atoms with van der Waals surface area (Å²) in [6, 6.07) is 3.62. The second-order valence-electron chi connectivity index (χ2n) is 2.65. The Morgan fingerprint density at radius 1 is 1.50 bits per heavy atom. The number of ketones is 1. The first-order chi connectivity index (χ1) is 5.52. The summed E-state index contributed by atoms with van der Waals surface area (Å²) in [5.74, 6) is 0.0766. The summed E-state index contributed by atoms with van der Waals surface area (Å²) in [6.07, 6.45) is 0. The third-order valence-electron chi connectivity index (χ3n) is 1.62. The Kier molecular flexibility index (Phi) is 3.12. The average molecular weight is 295 g/mol. The Morgan fingerprint density at radius 2 is 2.08 bits per heavy atom. The third-order valence-corrected chi connectivity index (χ3v) is 3.29. The van der Waals surface area contributed by atoms with Gasteiger partial charge in [0, 0.05) is 9.13 Å². The van der Waals surface area contributed by atoms with Crippen molar-refractivity contribution in [3.05, 3.63) is 31.9 Å². The fourth-order valence-corrected chi connectivity index (χ4v) is 1.80. The molecule has 0 aliphatic heterocycles. The van der Waals surface area contributed by atoms with Crippen molar-refractivity contribution in [3.63, 3.8) is 0 Å². The van der Waals surface area contributed by atoms with E-state index >= 15 is 0 Å². The SMILES string of the molecule is CC(=O)c1cc(C)c(Cl)c(I)c1. The Labute approximate surface area is 90.3 Å². The van der Waals surface area contributed by atoms with Gasteiger partial charge in [-0.15, -0.1) is 0 Å². The van der Waals surface area contributed by atoms with Gasteiger partial charge in [-0.1, -0.05) is 11.6 Å². The topological polar surface area (TPSA) is 17.1 Å². The van der Waals surface area contributed by atoms with E-state index in [1.165, 1.54) is 0 Å². The maximum atomic E-state index is 11.0. The van der Waals surface area contributed by atoms with Crippen LogP contribution in [0.5, 0.6) is 0 Å². The molecule has 0 bridgehead atoms. The van der Waals surface area contributed by atoms with Crippen molar-refractivity contribution in [2.75, 3.05) is 0 Å². The molecule has 1 aromatic carbocycles. The molecule has 1 nitrogen and oxygen atoms in total. The predicted molar refractivity (Wildman–Crippen MR) is 58.9 cm³/mol. The molecule has 0 unspecified atom stereocenters. The van der Waals surface area contributed by atoms with E-state index in [2.05, 4.69) is 22.6 Å². The molecule has 12 heavy (non-hydrogen) atoms. The summed E-state index contributed by atoms with van der Waals surface area (Å²) >= 11 is 8.06. The van der Waals surface area contributed by atoms with Gasteiger partial charge in [0.05, 0.1) is 5.02 Å². The maximum absolute atomic E-state index is 11.0. The summed E-state index contributed by atoms with van der Waals surface area (Å²) in [7, 11) is 0. The Balaban J connectivity index is 3.31. The maximum Gasteiger partial charge on any atom is 0.159 e. The molecule has 0 saturated heterocycles. The van der Waals surface area contributed by atoms with E-state index < -0.39 is 0 Å². The van der Waals surface area contributed by atoms with Crippen LogP contribution in [0, 0.1) is 10.5 Å². The van der Waals surface area contributed by atoms with E-state index in [-0.39, 0.29) is 5.78 Å². The summed E-state index contributed by atoms with van der Waals surface area (Å²) in [5.41, 5.74) is 1.68. The van der Waals surface area contributed by atoms with Crippen molar-refractivity contribution in [2.24, 2.45) is 0 Å². The molecule has 3 heteroatoms. The van der Waals surface area contributed by atoms with Crippen molar-refractivity contribution >= 4 is 40.0 Å². The lowest BCUT2D eigenvalue weighted by Gasteiger charge is -2.03. The van der Waals surface area contributed by atoms with Gasteiger partial charge < -0.3 is 0 Å². The minimum absolute atomic E-state index is 0.0766. The van der Waals surface area contributed by atoms with Gasteiger partial charge in [-0.3, -0.25) is 4.79 Å². The molecular formula is C9H8ClIO. The Morgan fingerprint density at radius 3 is 2.50 bits per heavy atom. The largest absolute Gasteiger partial charge is 0.295 e. The molecule has 0 aliphatic carbocycles. The first-order valence-electron chi connectivity index (χ1n) is 3.49. The molecule has 1 rings (SSSR count). The first kappa shape index (κ1) is 9.99. The van der Waals surface area contributed by atoms with Gasteiger partial charge in [0.15, 0.2) is 5.78 Å². The smallest absolute Gasteiger partial charge is 0.159 e. The van der Waals surface area contributed by atoms with Crippen LogP contribution in [0.1, 0.15) is 22.8 Å². The number of halogens is 2. The Bertz CT molecular complexity index is 310. The summed E-state index contributed by atoms with van der Waals surface area (Å²) in [6.45, 7) is 3.45. The number of benzene rings is 1. The minimum atomic E-state index is 0.0766. The van der Waals surface area contributed by atoms with Crippen molar-refractivity contribution in [1.82, 2.24) is 0 Å². The highest BCUT2D eigenvalue weighted by atomic mass is 127. The van der Waals surface area contributed by atoms with Crippen molar-refractivity contribution in [3.8, 4) is 0 Å². The Hall–Kier alpha value is -0.0900. The van der Waals surface area contributed by atoms with Gasteiger partial charge in [0.1, 0.15) is 0 Å². The molecule has 0 spiro atoms. The van der Waals surface area contributed by atoms with Crippen LogP contribution in [0.3, 0.4) is 0 Å². The molecule has 0 atom stereocenters. The second kappa shape index (κ2) is 3.75. The highest BCUT2D eigenvalue weighted by molar-refractivity contribution is 14.1. The van der Waals surface area contributed by atoms with Crippen LogP contribution < -0.4 is 0 Å². The lowest BCUT2D eigenvalue weighted by Crippen LogP contribution is -1.94. The molecule has 0 heterocycles. The molecule has 0 N–H and O–H groups in total. The molecule has 1 aromatic rings. The molecule has 64 valence electrons. The van der Waals surface area contributed by atoms with Crippen LogP contribution in [-0.2, 0) is 0 Å². The van der Waals surface area contributed by atoms with E-state index in [9.17, 15) is 4.79 Å². The van der Waals surface area contributed by atoms with Crippen LogP contribution >= 0.6 is 34.2 Å². The summed E-state index contributed by atoms with van der Waals surface area (Å²) < 4.78 is 0.930. The van der Waals surface area contributed by atoms with Crippen molar-refractivity contribution < 1.29 is 4.79 Å². The highest BCUT2D eigenvalue weighted by Gasteiger charge is 2.05. The van der Waals surface area contributed by atoms with Crippen LogP contribution in [0.4, 0.5) is 0 Å². The lowest BCUT2D eigenvalue weighted by atomic mass is 10.1. The van der Waals surface area contributed by atoms with Gasteiger partial charge in [-0.25, -0.2) is 0 Å². The van der Waals surface area contributed by atoms with E-state index in [0.717, 1.165) is 19.7 Å². The van der Waals surface area contributed by atoms with Gasteiger partial charge in [0.25, 0.3) is 0 Å². The van der Waals surface area contributed by atoms with Gasteiger partial charge in [-0.2, -0.15) is 0 Å². The average Bonchev–Trinajstić information content (AvgIpc) is 1.99. The number of hydrogen-bond acceptors (Lipinski definition) is 1. The number of carbonyl (C=O) groups is 1. The molecule has 0 amide bonds. The van der Waals surface area contributed by atoms with Crippen LogP contribution in [0.15, 0.2) is 12.1 Å². The van der Waals surface area contributed by atoms with E-state index in [4.69, 9.17) is 11.6 Å². The van der Waals surface area contributed by atoms with Gasteiger partial charge in [0.2, 0.25) is 0 Å². The van der Waals surface area contributed by atoms with Crippen LogP contribution in [0.2, 0.25) is 5.02 Å². The van der Waals surface area contributed by atoms with Gasteiger partial charge in [-0.05, 0) is 54.1 Å². The second-order valence-corrected chi connectivity index (χ2v) is 4.19. The number of aryl methyl sites for hydroxylation is 1. The summed E-state index contributed by atoms with van der Waals surface area (Å²) in [5, 5.41) is 0.737. The zero-order valence-corrected chi connectivity index (χ0v) is 9.73. The fourth-order valence-electron chi connectivity index (χ4n) is 0.930. The van der Waals surface area contributed by atoms with Crippen molar-refractivity contribution in [1.29, 1.82) is 0 Å². The third kappa shape index (κ3) is 1.98. The molecular weight excluding hydrogens is 286 g/mol. The first-order valence-corrected chi connectivity index (χ1v) is 4.94. The van der Waals surface area contributed by atoms with E-state index in [0.29, 0.717) is 0 Å². The normalized spacial score (nSPS) is 10.0. The monoisotopic (exact) mass is 294 g/mol.